The van der Waals surface area contributed by atoms with E-state index < -0.39 is 11.1 Å². The summed E-state index contributed by atoms with van der Waals surface area (Å²) in [6.45, 7) is 9.96. The Bertz CT molecular complexity index is 745. The van der Waals surface area contributed by atoms with Crippen LogP contribution in [0.5, 0.6) is 0 Å². The van der Waals surface area contributed by atoms with Gasteiger partial charge in [-0.25, -0.2) is 0 Å². The van der Waals surface area contributed by atoms with Crippen molar-refractivity contribution in [3.05, 3.63) is 42.0 Å². The molecule has 6 heteroatoms. The first kappa shape index (κ1) is 21.8. The minimum atomic E-state index is -0.628. The Morgan fingerprint density at radius 2 is 1.57 bits per heavy atom. The van der Waals surface area contributed by atoms with Crippen molar-refractivity contribution in [2.24, 2.45) is 0 Å². The first-order chi connectivity index (χ1) is 13.0. The second-order valence-electron chi connectivity index (χ2n) is 8.43. The normalized spacial score (nSPS) is 14.7. The predicted molar refractivity (Wildman–Crippen MR) is 109 cm³/mol. The van der Waals surface area contributed by atoms with Gasteiger partial charge in [-0.1, -0.05) is 17.7 Å². The molecule has 1 aliphatic rings. The van der Waals surface area contributed by atoms with Crippen molar-refractivity contribution >= 4 is 23.4 Å². The van der Waals surface area contributed by atoms with Gasteiger partial charge in [0.1, 0.15) is 0 Å². The lowest BCUT2D eigenvalue weighted by Gasteiger charge is -2.35. The van der Waals surface area contributed by atoms with E-state index in [1.807, 2.05) is 58.9 Å². The number of nitrogens with one attached hydrogen (secondary N) is 1. The van der Waals surface area contributed by atoms with Crippen molar-refractivity contribution < 1.29 is 19.1 Å². The number of hydrogen-bond donors (Lipinski definition) is 1. The van der Waals surface area contributed by atoms with Crippen LogP contribution in [-0.2, 0) is 19.1 Å². The van der Waals surface area contributed by atoms with Gasteiger partial charge in [-0.2, -0.15) is 0 Å². The van der Waals surface area contributed by atoms with Gasteiger partial charge in [-0.15, -0.1) is 0 Å². The molecule has 0 fully saturated rings. The number of nitrogens with zero attached hydrogens (tertiary/aromatic N) is 1. The molecule has 0 bridgehead atoms. The molecule has 152 valence electrons. The first-order valence-electron chi connectivity index (χ1n) is 9.57. The van der Waals surface area contributed by atoms with Crippen molar-refractivity contribution in [2.75, 3.05) is 11.9 Å². The summed E-state index contributed by atoms with van der Waals surface area (Å²) in [6, 6.07) is 7.67. The van der Waals surface area contributed by atoms with Crippen LogP contribution < -0.4 is 5.32 Å². The summed E-state index contributed by atoms with van der Waals surface area (Å²) in [7, 11) is 0. The van der Waals surface area contributed by atoms with Gasteiger partial charge in [-0.3, -0.25) is 19.3 Å². The molecule has 3 amide bonds. The maximum atomic E-state index is 12.2. The zero-order valence-corrected chi connectivity index (χ0v) is 17.4. The van der Waals surface area contributed by atoms with Crippen LogP contribution in [-0.4, -0.2) is 40.4 Å². The second kappa shape index (κ2) is 8.69. The Balaban J connectivity index is 1.77. The molecular formula is C22H30N2O4. The molecule has 0 atom stereocenters. The highest BCUT2D eigenvalue weighted by Crippen LogP contribution is 2.25. The number of carbonyl (C=O) groups is 3. The van der Waals surface area contributed by atoms with Gasteiger partial charge < -0.3 is 10.1 Å². The van der Waals surface area contributed by atoms with E-state index in [1.54, 1.807) is 0 Å². The average Bonchev–Trinajstić information content (AvgIpc) is 2.94. The van der Waals surface area contributed by atoms with E-state index in [1.165, 1.54) is 17.1 Å². The monoisotopic (exact) mass is 386 g/mol. The zero-order chi connectivity index (χ0) is 20.9. The molecule has 1 heterocycles. The Morgan fingerprint density at radius 3 is 2.14 bits per heavy atom. The van der Waals surface area contributed by atoms with Crippen molar-refractivity contribution in [1.29, 1.82) is 0 Å². The summed E-state index contributed by atoms with van der Waals surface area (Å²) >= 11 is 0. The van der Waals surface area contributed by atoms with Crippen LogP contribution in [0.2, 0.25) is 0 Å². The van der Waals surface area contributed by atoms with Crippen LogP contribution in [0.15, 0.2) is 36.4 Å². The Labute approximate surface area is 166 Å². The smallest absolute Gasteiger partial charge is 0.254 e. The van der Waals surface area contributed by atoms with E-state index in [2.05, 4.69) is 5.32 Å². The lowest BCUT2D eigenvalue weighted by Crippen LogP contribution is -2.48. The summed E-state index contributed by atoms with van der Waals surface area (Å²) in [6.07, 6.45) is 4.01. The average molecular weight is 386 g/mol. The topological polar surface area (TPSA) is 75.7 Å². The number of benzene rings is 1. The van der Waals surface area contributed by atoms with Crippen LogP contribution in [0.25, 0.3) is 0 Å². The third kappa shape index (κ3) is 6.02. The number of aryl methyl sites for hydroxylation is 1. The third-order valence-corrected chi connectivity index (χ3v) is 4.91. The number of carbonyl (C=O) groups excluding carboxylic acids is 3. The van der Waals surface area contributed by atoms with Gasteiger partial charge in [-0.05, 0) is 59.6 Å². The molecule has 0 aliphatic carbocycles. The molecule has 1 N–H and O–H groups in total. The molecule has 0 spiro atoms. The fraction of sp³-hybridized carbons (Fsp3) is 0.500. The first-order valence-corrected chi connectivity index (χ1v) is 9.57. The molecule has 1 aliphatic heterocycles. The lowest BCUT2D eigenvalue weighted by atomic mass is 9.98. The molecule has 1 aromatic carbocycles. The molecule has 28 heavy (non-hydrogen) atoms. The van der Waals surface area contributed by atoms with Crippen LogP contribution in [0.4, 0.5) is 5.69 Å². The standard InChI is InChI=1S/C22H30N2O4/c1-16-6-8-17(9-7-16)23-18(25)12-13-22(4,5)28-15-14-21(2,3)24-19(26)10-11-20(24)27/h6-11H,12-15H2,1-5H3,(H,23,25). The number of imide groups is 1. The van der Waals surface area contributed by atoms with Gasteiger partial charge in [0.05, 0.1) is 5.60 Å². The highest BCUT2D eigenvalue weighted by atomic mass is 16.5. The van der Waals surface area contributed by atoms with E-state index >= 15 is 0 Å². The number of hydrogen-bond acceptors (Lipinski definition) is 4. The molecule has 1 aromatic rings. The lowest BCUT2D eigenvalue weighted by molar-refractivity contribution is -0.144. The van der Waals surface area contributed by atoms with E-state index in [9.17, 15) is 14.4 Å². The van der Waals surface area contributed by atoms with Crippen molar-refractivity contribution in [1.82, 2.24) is 4.90 Å². The fourth-order valence-corrected chi connectivity index (χ4v) is 3.03. The summed E-state index contributed by atoms with van der Waals surface area (Å²) in [5.41, 5.74) is 0.808. The maximum Gasteiger partial charge on any atom is 0.254 e. The summed E-state index contributed by atoms with van der Waals surface area (Å²) in [5.74, 6) is -0.635. The molecule has 0 saturated heterocycles. The van der Waals surface area contributed by atoms with Gasteiger partial charge in [0.15, 0.2) is 0 Å². The van der Waals surface area contributed by atoms with Gasteiger partial charge in [0, 0.05) is 36.4 Å². The van der Waals surface area contributed by atoms with Gasteiger partial charge in [0.2, 0.25) is 5.91 Å². The second-order valence-corrected chi connectivity index (χ2v) is 8.43. The third-order valence-electron chi connectivity index (χ3n) is 4.91. The number of rotatable bonds is 9. The van der Waals surface area contributed by atoms with E-state index in [4.69, 9.17) is 4.74 Å². The molecular weight excluding hydrogens is 356 g/mol. The minimum Gasteiger partial charge on any atom is -0.375 e. The fourth-order valence-electron chi connectivity index (χ4n) is 3.03. The number of ether oxygens (including phenoxy) is 1. The van der Waals surface area contributed by atoms with E-state index in [-0.39, 0.29) is 17.7 Å². The molecule has 0 saturated carbocycles. The van der Waals surface area contributed by atoms with Crippen molar-refractivity contribution in [2.45, 2.75) is 65.0 Å². The summed E-state index contributed by atoms with van der Waals surface area (Å²) in [4.78, 5) is 37.2. The quantitative estimate of drug-likeness (QED) is 0.658. The van der Waals surface area contributed by atoms with Crippen molar-refractivity contribution in [3.8, 4) is 0 Å². The van der Waals surface area contributed by atoms with Gasteiger partial charge in [0.25, 0.3) is 11.8 Å². The van der Waals surface area contributed by atoms with Crippen LogP contribution in [0.1, 0.15) is 52.5 Å². The largest absolute Gasteiger partial charge is 0.375 e. The molecule has 6 nitrogen and oxygen atoms in total. The molecule has 0 radical (unpaired) electrons. The SMILES string of the molecule is Cc1ccc(NC(=O)CCC(C)(C)OCCC(C)(C)N2C(=O)C=CC2=O)cc1. The van der Waals surface area contributed by atoms with Crippen LogP contribution in [0.3, 0.4) is 0 Å². The van der Waals surface area contributed by atoms with E-state index in [0.717, 1.165) is 11.3 Å². The van der Waals surface area contributed by atoms with Crippen molar-refractivity contribution in [3.63, 3.8) is 0 Å². The van der Waals surface area contributed by atoms with Crippen LogP contribution >= 0.6 is 0 Å². The maximum absolute atomic E-state index is 12.2. The van der Waals surface area contributed by atoms with E-state index in [0.29, 0.717) is 25.9 Å². The minimum absolute atomic E-state index is 0.0554. The summed E-state index contributed by atoms with van der Waals surface area (Å²) in [5, 5.41) is 2.89. The van der Waals surface area contributed by atoms with Crippen LogP contribution in [0, 0.1) is 6.92 Å². The molecule has 2 rings (SSSR count). The molecule has 0 unspecified atom stereocenters. The Morgan fingerprint density at radius 1 is 1.00 bits per heavy atom. The zero-order valence-electron chi connectivity index (χ0n) is 17.4. The highest BCUT2D eigenvalue weighted by Gasteiger charge is 2.37. The summed E-state index contributed by atoms with van der Waals surface area (Å²) < 4.78 is 5.96. The Hall–Kier alpha value is -2.47. The van der Waals surface area contributed by atoms with Gasteiger partial charge >= 0.3 is 0 Å². The predicted octanol–water partition coefficient (Wildman–Crippen LogP) is 3.60. The number of amides is 3. The number of anilines is 1. The highest BCUT2D eigenvalue weighted by molar-refractivity contribution is 6.13. The molecule has 0 aromatic heterocycles. The Kier molecular flexibility index (Phi) is 6.77.